The van der Waals surface area contributed by atoms with Crippen molar-refractivity contribution in [2.45, 2.75) is 6.42 Å². The second-order valence-corrected chi connectivity index (χ2v) is 4.81. The minimum atomic E-state index is -0.229. The molecule has 0 aliphatic heterocycles. The van der Waals surface area contributed by atoms with Crippen LogP contribution in [0.15, 0.2) is 23.2 Å². The van der Waals surface area contributed by atoms with E-state index >= 15 is 0 Å². The number of amides is 1. The molecule has 0 saturated carbocycles. The van der Waals surface area contributed by atoms with Crippen molar-refractivity contribution in [2.24, 2.45) is 5.84 Å². The first-order chi connectivity index (χ1) is 9.20. The summed E-state index contributed by atoms with van der Waals surface area (Å²) in [7, 11) is 0. The Kier molecular flexibility index (Phi) is 4.67. The largest absolute Gasteiger partial charge is 0.352 e. The molecule has 2 heterocycles. The van der Waals surface area contributed by atoms with E-state index in [9.17, 15) is 4.79 Å². The quantitative estimate of drug-likeness (QED) is 0.574. The average Bonchev–Trinajstić information content (AvgIpc) is 2.91. The fourth-order valence-corrected chi connectivity index (χ4v) is 2.25. The lowest BCUT2D eigenvalue weighted by Crippen LogP contribution is -2.26. The molecule has 0 saturated heterocycles. The molecule has 6 nitrogen and oxygen atoms in total. The maximum Gasteiger partial charge on any atom is 0.252 e. The first kappa shape index (κ1) is 13.7. The van der Waals surface area contributed by atoms with Crippen LogP contribution < -0.4 is 16.6 Å². The van der Waals surface area contributed by atoms with Crippen LogP contribution in [-0.4, -0.2) is 22.4 Å². The van der Waals surface area contributed by atoms with Crippen molar-refractivity contribution in [1.29, 1.82) is 0 Å². The molecule has 8 heteroatoms. The molecule has 0 spiro atoms. The van der Waals surface area contributed by atoms with E-state index in [0.29, 0.717) is 29.4 Å². The zero-order valence-electron chi connectivity index (χ0n) is 9.89. The molecule has 0 bridgehead atoms. The highest BCUT2D eigenvalue weighted by Gasteiger charge is 2.09. The van der Waals surface area contributed by atoms with Crippen LogP contribution in [0.1, 0.15) is 16.1 Å². The predicted molar refractivity (Wildman–Crippen MR) is 75.2 cm³/mol. The fourth-order valence-electron chi connectivity index (χ4n) is 1.44. The van der Waals surface area contributed by atoms with Gasteiger partial charge in [0.2, 0.25) is 0 Å². The summed E-state index contributed by atoms with van der Waals surface area (Å²) >= 11 is 7.43. The summed E-state index contributed by atoms with van der Waals surface area (Å²) in [5, 5.41) is 5.03. The number of hydrogen-bond donors (Lipinski definition) is 3. The van der Waals surface area contributed by atoms with Crippen LogP contribution in [0.3, 0.4) is 0 Å². The molecule has 0 aliphatic rings. The number of carbonyl (C=O) groups is 1. The highest BCUT2D eigenvalue weighted by atomic mass is 35.5. The van der Waals surface area contributed by atoms with Crippen LogP contribution >= 0.6 is 22.9 Å². The van der Waals surface area contributed by atoms with Crippen LogP contribution in [0.4, 0.5) is 5.82 Å². The van der Waals surface area contributed by atoms with Crippen molar-refractivity contribution in [3.8, 4) is 0 Å². The number of hydrogen-bond acceptors (Lipinski definition) is 6. The average molecular weight is 298 g/mol. The molecule has 0 unspecified atom stereocenters. The topological polar surface area (TPSA) is 92.9 Å². The summed E-state index contributed by atoms with van der Waals surface area (Å²) in [5.41, 5.74) is 5.46. The van der Waals surface area contributed by atoms with Crippen LogP contribution in [-0.2, 0) is 6.42 Å². The lowest BCUT2D eigenvalue weighted by Gasteiger charge is -2.06. The lowest BCUT2D eigenvalue weighted by atomic mass is 10.2. The van der Waals surface area contributed by atoms with Gasteiger partial charge in [0, 0.05) is 24.5 Å². The first-order valence-corrected chi connectivity index (χ1v) is 6.80. The van der Waals surface area contributed by atoms with Crippen LogP contribution in [0, 0.1) is 0 Å². The standard InChI is InChI=1S/C11H12ClN5OS/c12-9-3-7(4-15-10(9)17-13)11(18)14-2-1-8-5-19-6-16-8/h3-6H,1-2,13H2,(H,14,18)(H,15,17). The molecule has 4 N–H and O–H groups in total. The van der Waals surface area contributed by atoms with Gasteiger partial charge in [0.15, 0.2) is 5.82 Å². The number of nitrogen functional groups attached to an aromatic ring is 1. The zero-order chi connectivity index (χ0) is 13.7. The maximum absolute atomic E-state index is 11.8. The van der Waals surface area contributed by atoms with Gasteiger partial charge in [-0.15, -0.1) is 11.3 Å². The van der Waals surface area contributed by atoms with E-state index in [-0.39, 0.29) is 5.91 Å². The Bertz CT molecular complexity index is 560. The molecule has 2 aromatic heterocycles. The Morgan fingerprint density at radius 1 is 1.47 bits per heavy atom. The third kappa shape index (κ3) is 3.63. The summed E-state index contributed by atoms with van der Waals surface area (Å²) < 4.78 is 0. The van der Waals surface area contributed by atoms with Gasteiger partial charge >= 0.3 is 0 Å². The molecule has 19 heavy (non-hydrogen) atoms. The van der Waals surface area contributed by atoms with Crippen molar-refractivity contribution < 1.29 is 4.79 Å². The van der Waals surface area contributed by atoms with Gasteiger partial charge in [0.1, 0.15) is 0 Å². The van der Waals surface area contributed by atoms with Gasteiger partial charge in [0.25, 0.3) is 5.91 Å². The van der Waals surface area contributed by atoms with Crippen LogP contribution in [0.5, 0.6) is 0 Å². The number of nitrogens with two attached hydrogens (primary N) is 1. The van der Waals surface area contributed by atoms with E-state index in [4.69, 9.17) is 17.4 Å². The molecule has 2 rings (SSSR count). The number of nitrogens with zero attached hydrogens (tertiary/aromatic N) is 2. The number of hydrazine groups is 1. The maximum atomic E-state index is 11.8. The Morgan fingerprint density at radius 3 is 2.95 bits per heavy atom. The smallest absolute Gasteiger partial charge is 0.252 e. The van der Waals surface area contributed by atoms with E-state index in [1.807, 2.05) is 5.38 Å². The van der Waals surface area contributed by atoms with Crippen molar-refractivity contribution in [2.75, 3.05) is 12.0 Å². The third-order valence-electron chi connectivity index (χ3n) is 2.39. The number of carbonyl (C=O) groups excluding carboxylic acids is 1. The minimum Gasteiger partial charge on any atom is -0.352 e. The molecule has 0 aliphatic carbocycles. The first-order valence-electron chi connectivity index (χ1n) is 5.48. The number of nitrogens with one attached hydrogen (secondary N) is 2. The Labute approximate surface area is 119 Å². The highest BCUT2D eigenvalue weighted by Crippen LogP contribution is 2.18. The fraction of sp³-hybridized carbons (Fsp3) is 0.182. The Hall–Kier alpha value is -1.70. The molecular formula is C11H12ClN5OS. The minimum absolute atomic E-state index is 0.229. The molecule has 2 aromatic rings. The summed E-state index contributed by atoms with van der Waals surface area (Å²) in [5.74, 6) is 5.31. The van der Waals surface area contributed by atoms with Gasteiger partial charge in [-0.25, -0.2) is 15.8 Å². The number of anilines is 1. The summed E-state index contributed by atoms with van der Waals surface area (Å²) in [6.07, 6.45) is 2.11. The second kappa shape index (κ2) is 6.46. The molecule has 0 atom stereocenters. The van der Waals surface area contributed by atoms with E-state index in [1.165, 1.54) is 23.6 Å². The molecule has 0 aromatic carbocycles. The normalized spacial score (nSPS) is 10.2. The molecule has 100 valence electrons. The van der Waals surface area contributed by atoms with Gasteiger partial charge in [-0.2, -0.15) is 0 Å². The van der Waals surface area contributed by atoms with Gasteiger partial charge in [0.05, 0.1) is 21.8 Å². The van der Waals surface area contributed by atoms with Crippen LogP contribution in [0.2, 0.25) is 5.02 Å². The van der Waals surface area contributed by atoms with Gasteiger partial charge < -0.3 is 10.7 Å². The Morgan fingerprint density at radius 2 is 2.32 bits per heavy atom. The van der Waals surface area contributed by atoms with Crippen molar-refractivity contribution >= 4 is 34.7 Å². The summed E-state index contributed by atoms with van der Waals surface area (Å²) in [6, 6.07) is 1.52. The number of pyridine rings is 1. The van der Waals surface area contributed by atoms with E-state index < -0.39 is 0 Å². The SMILES string of the molecule is NNc1ncc(C(=O)NCCc2cscn2)cc1Cl. The van der Waals surface area contributed by atoms with E-state index in [0.717, 1.165) is 5.69 Å². The van der Waals surface area contributed by atoms with E-state index in [1.54, 1.807) is 5.51 Å². The third-order valence-corrected chi connectivity index (χ3v) is 3.31. The second-order valence-electron chi connectivity index (χ2n) is 3.68. The highest BCUT2D eigenvalue weighted by molar-refractivity contribution is 7.07. The summed E-state index contributed by atoms with van der Waals surface area (Å²) in [6.45, 7) is 0.511. The van der Waals surface area contributed by atoms with Gasteiger partial charge in [-0.05, 0) is 6.07 Å². The number of halogens is 1. The zero-order valence-corrected chi connectivity index (χ0v) is 11.5. The number of aromatic nitrogens is 2. The van der Waals surface area contributed by atoms with Crippen molar-refractivity contribution in [3.63, 3.8) is 0 Å². The molecular weight excluding hydrogens is 286 g/mol. The lowest BCUT2D eigenvalue weighted by molar-refractivity contribution is 0.0954. The van der Waals surface area contributed by atoms with Gasteiger partial charge in [-0.1, -0.05) is 11.6 Å². The van der Waals surface area contributed by atoms with E-state index in [2.05, 4.69) is 20.7 Å². The monoisotopic (exact) mass is 297 g/mol. The molecule has 0 fully saturated rings. The predicted octanol–water partition coefficient (Wildman–Crippen LogP) is 1.45. The summed E-state index contributed by atoms with van der Waals surface area (Å²) in [4.78, 5) is 19.9. The van der Waals surface area contributed by atoms with Crippen molar-refractivity contribution in [1.82, 2.24) is 15.3 Å². The van der Waals surface area contributed by atoms with Crippen LogP contribution in [0.25, 0.3) is 0 Å². The number of rotatable bonds is 5. The number of thiazole rings is 1. The molecule has 1 amide bonds. The molecule has 0 radical (unpaired) electrons. The van der Waals surface area contributed by atoms with Crippen molar-refractivity contribution in [3.05, 3.63) is 39.4 Å². The Balaban J connectivity index is 1.91. The van der Waals surface area contributed by atoms with Gasteiger partial charge in [-0.3, -0.25) is 4.79 Å².